The molecule has 5 nitrogen and oxygen atoms in total. The molecule has 1 atom stereocenters. The van der Waals surface area contributed by atoms with E-state index in [4.69, 9.17) is 4.74 Å². The lowest BCUT2D eigenvalue weighted by Crippen LogP contribution is -2.31. The molecule has 1 aliphatic heterocycles. The normalized spacial score (nSPS) is 16.2. The molecule has 0 spiro atoms. The van der Waals surface area contributed by atoms with Crippen LogP contribution in [-0.4, -0.2) is 36.8 Å². The molecule has 142 valence electrons. The second-order valence-electron chi connectivity index (χ2n) is 6.79. The summed E-state index contributed by atoms with van der Waals surface area (Å²) in [4.78, 5) is 12.0. The third-order valence-corrected chi connectivity index (χ3v) is 4.35. The molecule has 2 rings (SSSR count). The van der Waals surface area contributed by atoms with Gasteiger partial charge in [-0.15, -0.1) is 12.4 Å². The van der Waals surface area contributed by atoms with Gasteiger partial charge in [-0.3, -0.25) is 4.79 Å². The Morgan fingerprint density at radius 1 is 1.36 bits per heavy atom. The molecule has 0 radical (unpaired) electrons. The molecule has 1 heterocycles. The smallest absolute Gasteiger partial charge is 0.220 e. The zero-order chi connectivity index (χ0) is 17.4. The van der Waals surface area contributed by atoms with Gasteiger partial charge in [0.05, 0.1) is 12.2 Å². The molecule has 1 aromatic carbocycles. The van der Waals surface area contributed by atoms with Crippen molar-refractivity contribution in [2.75, 3.05) is 19.6 Å². The van der Waals surface area contributed by atoms with E-state index < -0.39 is 6.10 Å². The molecule has 1 amide bonds. The molecule has 1 aliphatic rings. The number of amides is 1. The van der Waals surface area contributed by atoms with Crippen LogP contribution in [-0.2, 0) is 4.79 Å². The minimum absolute atomic E-state index is 0. The number of rotatable bonds is 8. The van der Waals surface area contributed by atoms with Crippen LogP contribution in [0, 0.1) is 5.92 Å². The van der Waals surface area contributed by atoms with Crippen molar-refractivity contribution in [3.8, 4) is 5.75 Å². The van der Waals surface area contributed by atoms with E-state index in [1.165, 1.54) is 0 Å². The van der Waals surface area contributed by atoms with Gasteiger partial charge in [-0.25, -0.2) is 0 Å². The fourth-order valence-corrected chi connectivity index (χ4v) is 2.99. The predicted octanol–water partition coefficient (Wildman–Crippen LogP) is 2.83. The van der Waals surface area contributed by atoms with E-state index in [0.29, 0.717) is 12.3 Å². The summed E-state index contributed by atoms with van der Waals surface area (Å²) < 4.78 is 5.63. The summed E-state index contributed by atoms with van der Waals surface area (Å²) in [5.41, 5.74) is 0.756. The average Bonchev–Trinajstić information content (AvgIpc) is 2.58. The van der Waals surface area contributed by atoms with Crippen LogP contribution in [0.4, 0.5) is 0 Å². The quantitative estimate of drug-likeness (QED) is 0.658. The maximum Gasteiger partial charge on any atom is 0.220 e. The van der Waals surface area contributed by atoms with Crippen molar-refractivity contribution in [2.45, 2.75) is 51.7 Å². The van der Waals surface area contributed by atoms with Crippen LogP contribution in [0.15, 0.2) is 24.3 Å². The summed E-state index contributed by atoms with van der Waals surface area (Å²) in [6.45, 7) is 6.27. The Morgan fingerprint density at radius 3 is 2.76 bits per heavy atom. The van der Waals surface area contributed by atoms with Crippen molar-refractivity contribution in [3.05, 3.63) is 29.8 Å². The molecule has 25 heavy (non-hydrogen) atoms. The second kappa shape index (κ2) is 11.3. The Bertz CT molecular complexity index is 519. The van der Waals surface area contributed by atoms with Gasteiger partial charge in [0.1, 0.15) is 5.75 Å². The molecule has 1 fully saturated rings. The van der Waals surface area contributed by atoms with Crippen LogP contribution in [0.2, 0.25) is 0 Å². The van der Waals surface area contributed by atoms with Crippen LogP contribution in [0.3, 0.4) is 0 Å². The minimum Gasteiger partial charge on any atom is -0.491 e. The van der Waals surface area contributed by atoms with E-state index in [-0.39, 0.29) is 31.0 Å². The van der Waals surface area contributed by atoms with Gasteiger partial charge in [-0.2, -0.15) is 0 Å². The number of carbonyl (C=O) groups is 1. The van der Waals surface area contributed by atoms with Crippen molar-refractivity contribution in [1.29, 1.82) is 0 Å². The van der Waals surface area contributed by atoms with Crippen LogP contribution in [0.5, 0.6) is 5.75 Å². The summed E-state index contributed by atoms with van der Waals surface area (Å²) in [7, 11) is 0. The first kappa shape index (κ1) is 21.7. The van der Waals surface area contributed by atoms with Gasteiger partial charge >= 0.3 is 0 Å². The molecule has 1 aromatic rings. The third kappa shape index (κ3) is 8.08. The summed E-state index contributed by atoms with van der Waals surface area (Å²) >= 11 is 0. The fraction of sp³-hybridized carbons (Fsp3) is 0.632. The first-order valence-electron chi connectivity index (χ1n) is 8.96. The largest absolute Gasteiger partial charge is 0.491 e. The van der Waals surface area contributed by atoms with E-state index in [2.05, 4.69) is 10.6 Å². The Labute approximate surface area is 156 Å². The van der Waals surface area contributed by atoms with Crippen LogP contribution >= 0.6 is 12.4 Å². The number of hydrogen-bond acceptors (Lipinski definition) is 4. The summed E-state index contributed by atoms with van der Waals surface area (Å²) in [5, 5.41) is 16.4. The zero-order valence-electron chi connectivity index (χ0n) is 15.2. The number of halogens is 1. The maximum absolute atomic E-state index is 12.0. The first-order chi connectivity index (χ1) is 11.5. The monoisotopic (exact) mass is 370 g/mol. The van der Waals surface area contributed by atoms with Crippen molar-refractivity contribution in [1.82, 2.24) is 10.6 Å². The highest BCUT2D eigenvalue weighted by atomic mass is 35.5. The Hall–Kier alpha value is -1.30. The van der Waals surface area contributed by atoms with Crippen molar-refractivity contribution >= 4 is 18.3 Å². The number of aliphatic hydroxyl groups is 1. The van der Waals surface area contributed by atoms with Crippen LogP contribution < -0.4 is 15.4 Å². The number of aliphatic hydroxyl groups excluding tert-OH is 1. The summed E-state index contributed by atoms with van der Waals surface area (Å²) in [5.74, 6) is 1.40. The van der Waals surface area contributed by atoms with Gasteiger partial charge in [0.2, 0.25) is 5.91 Å². The fourth-order valence-electron chi connectivity index (χ4n) is 2.99. The average molecular weight is 371 g/mol. The zero-order valence-corrected chi connectivity index (χ0v) is 16.0. The third-order valence-electron chi connectivity index (χ3n) is 4.35. The molecule has 1 unspecified atom stereocenters. The lowest BCUT2D eigenvalue weighted by molar-refractivity contribution is -0.121. The first-order valence-corrected chi connectivity index (χ1v) is 8.96. The van der Waals surface area contributed by atoms with Crippen LogP contribution in [0.1, 0.15) is 51.2 Å². The summed E-state index contributed by atoms with van der Waals surface area (Å²) in [6.07, 6.45) is 3.14. The van der Waals surface area contributed by atoms with Crippen LogP contribution in [0.25, 0.3) is 0 Å². The number of nitrogens with one attached hydrogen (secondary N) is 2. The standard InChI is InChI=1S/C19H30N2O3.ClH/c1-14(2)24-17-5-3-4-16(12-17)18(22)13-21-19(23)7-6-15-8-10-20-11-9-15;/h3-5,12,14-15,18,20,22H,6-11,13H2,1-2H3,(H,21,23);1H. The molecule has 0 aliphatic carbocycles. The van der Waals surface area contributed by atoms with E-state index >= 15 is 0 Å². The van der Waals surface area contributed by atoms with E-state index in [1.54, 1.807) is 0 Å². The predicted molar refractivity (Wildman–Crippen MR) is 102 cm³/mol. The van der Waals surface area contributed by atoms with Gasteiger partial charge in [0.15, 0.2) is 0 Å². The topological polar surface area (TPSA) is 70.6 Å². The van der Waals surface area contributed by atoms with E-state index in [9.17, 15) is 9.90 Å². The van der Waals surface area contributed by atoms with Crippen molar-refractivity contribution in [2.24, 2.45) is 5.92 Å². The highest BCUT2D eigenvalue weighted by molar-refractivity contribution is 5.85. The van der Waals surface area contributed by atoms with Gasteiger partial charge in [0.25, 0.3) is 0 Å². The highest BCUT2D eigenvalue weighted by Gasteiger charge is 2.15. The molecular weight excluding hydrogens is 340 g/mol. The molecule has 0 saturated carbocycles. The number of benzene rings is 1. The molecular formula is C19H31ClN2O3. The molecule has 0 aromatic heterocycles. The molecule has 6 heteroatoms. The van der Waals surface area contributed by atoms with Gasteiger partial charge in [0, 0.05) is 13.0 Å². The highest BCUT2D eigenvalue weighted by Crippen LogP contribution is 2.20. The lowest BCUT2D eigenvalue weighted by Gasteiger charge is -2.22. The Morgan fingerprint density at radius 2 is 2.08 bits per heavy atom. The second-order valence-corrected chi connectivity index (χ2v) is 6.79. The summed E-state index contributed by atoms with van der Waals surface area (Å²) in [6, 6.07) is 7.40. The van der Waals surface area contributed by atoms with E-state index in [0.717, 1.165) is 43.7 Å². The molecule has 1 saturated heterocycles. The Balaban J connectivity index is 0.00000312. The molecule has 3 N–H and O–H groups in total. The van der Waals surface area contributed by atoms with Gasteiger partial charge < -0.3 is 20.5 Å². The minimum atomic E-state index is -0.719. The Kier molecular flexibility index (Phi) is 9.86. The SMILES string of the molecule is CC(C)Oc1cccc(C(O)CNC(=O)CCC2CCNCC2)c1.Cl. The maximum atomic E-state index is 12.0. The number of hydrogen-bond donors (Lipinski definition) is 3. The molecule has 0 bridgehead atoms. The number of piperidine rings is 1. The van der Waals surface area contributed by atoms with Gasteiger partial charge in [-0.05, 0) is 69.8 Å². The van der Waals surface area contributed by atoms with Crippen molar-refractivity contribution < 1.29 is 14.6 Å². The lowest BCUT2D eigenvalue weighted by atomic mass is 9.93. The number of carbonyl (C=O) groups excluding carboxylic acids is 1. The van der Waals surface area contributed by atoms with E-state index in [1.807, 2.05) is 38.1 Å². The van der Waals surface area contributed by atoms with Crippen molar-refractivity contribution in [3.63, 3.8) is 0 Å². The number of ether oxygens (including phenoxy) is 1. The van der Waals surface area contributed by atoms with Gasteiger partial charge in [-0.1, -0.05) is 12.1 Å².